The molecule has 0 aromatic rings. The van der Waals surface area contributed by atoms with Gasteiger partial charge in [-0.2, -0.15) is 8.78 Å². The number of carbonyl (C=O) groups is 1. The van der Waals surface area contributed by atoms with Crippen molar-refractivity contribution in [1.82, 2.24) is 0 Å². The summed E-state index contributed by atoms with van der Waals surface area (Å²) in [6.07, 6.45) is 1.76. The SMILES string of the molecule is CCC1C=CC(C(F)=C(F)F)=CC1=O. The molecule has 1 atom stereocenters. The second-order valence-corrected chi connectivity index (χ2v) is 2.95. The summed E-state index contributed by atoms with van der Waals surface area (Å²) in [6, 6.07) is 0. The highest BCUT2D eigenvalue weighted by molar-refractivity contribution is 5.96. The molecule has 76 valence electrons. The molecule has 0 aromatic heterocycles. The summed E-state index contributed by atoms with van der Waals surface area (Å²) in [5.41, 5.74) is -0.347. The number of carbonyl (C=O) groups excluding carboxylic acids is 1. The number of hydrogen-bond donors (Lipinski definition) is 0. The van der Waals surface area contributed by atoms with E-state index < -0.39 is 11.9 Å². The molecule has 0 aliphatic heterocycles. The Labute approximate surface area is 79.6 Å². The van der Waals surface area contributed by atoms with Crippen molar-refractivity contribution in [2.75, 3.05) is 0 Å². The van der Waals surface area contributed by atoms with Crippen molar-refractivity contribution in [2.45, 2.75) is 13.3 Å². The Morgan fingerprint density at radius 2 is 2.07 bits per heavy atom. The van der Waals surface area contributed by atoms with Gasteiger partial charge in [0, 0.05) is 11.5 Å². The van der Waals surface area contributed by atoms with Crippen LogP contribution in [0.4, 0.5) is 13.2 Å². The van der Waals surface area contributed by atoms with E-state index in [4.69, 9.17) is 0 Å². The standard InChI is InChI=1S/C10H9F3O/c1-2-6-3-4-7(5-8(6)14)9(11)10(12)13/h3-6H,2H2,1H3. The first kappa shape index (κ1) is 10.8. The Hall–Kier alpha value is -1.32. The van der Waals surface area contributed by atoms with Crippen LogP contribution in [-0.4, -0.2) is 5.78 Å². The lowest BCUT2D eigenvalue weighted by atomic mass is 9.93. The van der Waals surface area contributed by atoms with Crippen LogP contribution in [-0.2, 0) is 4.79 Å². The van der Waals surface area contributed by atoms with Gasteiger partial charge in [-0.3, -0.25) is 4.79 Å². The lowest BCUT2D eigenvalue weighted by Gasteiger charge is -2.11. The zero-order valence-electron chi connectivity index (χ0n) is 7.56. The van der Waals surface area contributed by atoms with Gasteiger partial charge in [-0.05, 0) is 12.5 Å². The van der Waals surface area contributed by atoms with Gasteiger partial charge >= 0.3 is 6.08 Å². The first-order valence-corrected chi connectivity index (χ1v) is 4.21. The fourth-order valence-electron chi connectivity index (χ4n) is 1.21. The average Bonchev–Trinajstić information content (AvgIpc) is 2.16. The van der Waals surface area contributed by atoms with Crippen LogP contribution in [0.25, 0.3) is 0 Å². The molecule has 4 heteroatoms. The fraction of sp³-hybridized carbons (Fsp3) is 0.300. The number of halogens is 3. The molecule has 1 unspecified atom stereocenters. The van der Waals surface area contributed by atoms with E-state index in [0.29, 0.717) is 6.42 Å². The molecule has 0 bridgehead atoms. The lowest BCUT2D eigenvalue weighted by Crippen LogP contribution is -2.12. The van der Waals surface area contributed by atoms with E-state index in [1.807, 2.05) is 0 Å². The number of hydrogen-bond acceptors (Lipinski definition) is 1. The van der Waals surface area contributed by atoms with Gasteiger partial charge in [-0.15, -0.1) is 0 Å². The zero-order valence-corrected chi connectivity index (χ0v) is 7.56. The molecule has 0 saturated heterocycles. The summed E-state index contributed by atoms with van der Waals surface area (Å²) in [5.74, 6) is -2.26. The molecule has 1 rings (SSSR count). The van der Waals surface area contributed by atoms with E-state index in [1.165, 1.54) is 12.2 Å². The first-order chi connectivity index (χ1) is 6.56. The minimum atomic E-state index is -2.40. The summed E-state index contributed by atoms with van der Waals surface area (Å²) in [7, 11) is 0. The van der Waals surface area contributed by atoms with Gasteiger partial charge in [-0.25, -0.2) is 4.39 Å². The predicted molar refractivity (Wildman–Crippen MR) is 46.4 cm³/mol. The third kappa shape index (κ3) is 2.13. The van der Waals surface area contributed by atoms with Gasteiger partial charge in [-0.1, -0.05) is 19.1 Å². The van der Waals surface area contributed by atoms with Crippen molar-refractivity contribution in [3.05, 3.63) is 35.7 Å². The van der Waals surface area contributed by atoms with Gasteiger partial charge in [0.25, 0.3) is 0 Å². The molecule has 0 saturated carbocycles. The molecular formula is C10H9F3O. The molecular weight excluding hydrogens is 193 g/mol. The average molecular weight is 202 g/mol. The van der Waals surface area contributed by atoms with Crippen LogP contribution in [0.5, 0.6) is 0 Å². The lowest BCUT2D eigenvalue weighted by molar-refractivity contribution is -0.117. The number of allylic oxidation sites excluding steroid dienone is 5. The van der Waals surface area contributed by atoms with Crippen molar-refractivity contribution in [1.29, 1.82) is 0 Å². The van der Waals surface area contributed by atoms with Crippen LogP contribution in [0.3, 0.4) is 0 Å². The molecule has 0 radical (unpaired) electrons. The molecule has 1 aliphatic rings. The predicted octanol–water partition coefficient (Wildman–Crippen LogP) is 3.16. The van der Waals surface area contributed by atoms with E-state index in [-0.39, 0.29) is 17.3 Å². The van der Waals surface area contributed by atoms with Crippen LogP contribution < -0.4 is 0 Å². The highest BCUT2D eigenvalue weighted by Crippen LogP contribution is 2.25. The van der Waals surface area contributed by atoms with Gasteiger partial charge in [0.2, 0.25) is 0 Å². The minimum Gasteiger partial charge on any atom is -0.294 e. The molecule has 0 fully saturated rings. The Bertz CT molecular complexity index is 335. The topological polar surface area (TPSA) is 17.1 Å². The summed E-state index contributed by atoms with van der Waals surface area (Å²) in [6.45, 7) is 1.80. The second kappa shape index (κ2) is 4.26. The zero-order chi connectivity index (χ0) is 10.7. The van der Waals surface area contributed by atoms with Crippen LogP contribution in [0.2, 0.25) is 0 Å². The molecule has 0 N–H and O–H groups in total. The monoisotopic (exact) mass is 202 g/mol. The highest BCUT2D eigenvalue weighted by Gasteiger charge is 2.19. The molecule has 1 aliphatic carbocycles. The van der Waals surface area contributed by atoms with E-state index >= 15 is 0 Å². The molecule has 14 heavy (non-hydrogen) atoms. The van der Waals surface area contributed by atoms with Gasteiger partial charge in [0.15, 0.2) is 11.6 Å². The van der Waals surface area contributed by atoms with Crippen molar-refractivity contribution >= 4 is 5.78 Å². The second-order valence-electron chi connectivity index (χ2n) is 2.95. The Kier molecular flexibility index (Phi) is 3.28. The fourth-order valence-corrected chi connectivity index (χ4v) is 1.21. The quantitative estimate of drug-likeness (QED) is 0.672. The molecule has 0 spiro atoms. The van der Waals surface area contributed by atoms with E-state index in [9.17, 15) is 18.0 Å². The maximum absolute atomic E-state index is 12.7. The van der Waals surface area contributed by atoms with E-state index in [1.54, 1.807) is 6.92 Å². The van der Waals surface area contributed by atoms with Crippen molar-refractivity contribution in [3.8, 4) is 0 Å². The largest absolute Gasteiger partial charge is 0.306 e. The van der Waals surface area contributed by atoms with Crippen molar-refractivity contribution in [2.24, 2.45) is 5.92 Å². The molecule has 0 aromatic carbocycles. The Morgan fingerprint density at radius 3 is 2.50 bits per heavy atom. The van der Waals surface area contributed by atoms with E-state index in [0.717, 1.165) is 6.08 Å². The summed E-state index contributed by atoms with van der Waals surface area (Å²) >= 11 is 0. The van der Waals surface area contributed by atoms with Crippen LogP contribution in [0, 0.1) is 5.92 Å². The maximum atomic E-state index is 12.7. The van der Waals surface area contributed by atoms with Crippen LogP contribution >= 0.6 is 0 Å². The van der Waals surface area contributed by atoms with Crippen LogP contribution in [0.1, 0.15) is 13.3 Å². The van der Waals surface area contributed by atoms with Gasteiger partial charge in [0.1, 0.15) is 0 Å². The van der Waals surface area contributed by atoms with Gasteiger partial charge in [0.05, 0.1) is 0 Å². The Balaban J connectivity index is 2.94. The third-order valence-electron chi connectivity index (χ3n) is 2.03. The van der Waals surface area contributed by atoms with Crippen molar-refractivity contribution < 1.29 is 18.0 Å². The van der Waals surface area contributed by atoms with Gasteiger partial charge < -0.3 is 0 Å². The van der Waals surface area contributed by atoms with E-state index in [2.05, 4.69) is 0 Å². The highest BCUT2D eigenvalue weighted by atomic mass is 19.3. The maximum Gasteiger partial charge on any atom is 0.306 e. The molecule has 0 amide bonds. The summed E-state index contributed by atoms with van der Waals surface area (Å²) < 4.78 is 36.3. The summed E-state index contributed by atoms with van der Waals surface area (Å²) in [4.78, 5) is 11.2. The van der Waals surface area contributed by atoms with Crippen molar-refractivity contribution in [3.63, 3.8) is 0 Å². The normalized spacial score (nSPS) is 20.7. The molecule has 1 nitrogen and oxygen atoms in total. The number of rotatable bonds is 2. The molecule has 0 heterocycles. The first-order valence-electron chi connectivity index (χ1n) is 4.21. The minimum absolute atomic E-state index is 0.311. The van der Waals surface area contributed by atoms with Crippen LogP contribution in [0.15, 0.2) is 35.7 Å². The summed E-state index contributed by atoms with van der Waals surface area (Å²) in [5, 5.41) is 0. The Morgan fingerprint density at radius 1 is 1.43 bits per heavy atom. The third-order valence-corrected chi connectivity index (χ3v) is 2.03. The smallest absolute Gasteiger partial charge is 0.294 e. The number of ketones is 1.